The number of esters is 4. The summed E-state index contributed by atoms with van der Waals surface area (Å²) in [7, 11) is -9.90. The highest BCUT2D eigenvalue weighted by Gasteiger charge is 2.30. The maximum Gasteiger partial charge on any atom is 0.472 e. The Balaban J connectivity index is 5.22. The van der Waals surface area contributed by atoms with Crippen LogP contribution in [-0.2, 0) is 65.4 Å². The molecule has 0 heterocycles. The summed E-state index contributed by atoms with van der Waals surface area (Å²) in [6.45, 7) is 11.8. The van der Waals surface area contributed by atoms with Crippen molar-refractivity contribution in [2.45, 2.75) is 394 Å². The number of hydrogen-bond acceptors (Lipinski definition) is 15. The van der Waals surface area contributed by atoms with Gasteiger partial charge in [-0.25, -0.2) is 9.13 Å². The van der Waals surface area contributed by atoms with Crippen molar-refractivity contribution in [1.29, 1.82) is 0 Å². The van der Waals surface area contributed by atoms with Gasteiger partial charge in [-0.1, -0.05) is 325 Å². The molecule has 0 aliphatic heterocycles. The van der Waals surface area contributed by atoms with Crippen LogP contribution in [0, 0.1) is 17.8 Å². The molecule has 93 heavy (non-hydrogen) atoms. The van der Waals surface area contributed by atoms with Crippen LogP contribution in [0.5, 0.6) is 0 Å². The van der Waals surface area contributed by atoms with Crippen LogP contribution in [-0.4, -0.2) is 96.7 Å². The molecule has 3 N–H and O–H groups in total. The van der Waals surface area contributed by atoms with E-state index in [0.29, 0.717) is 31.6 Å². The summed E-state index contributed by atoms with van der Waals surface area (Å²) >= 11 is 0. The third kappa shape index (κ3) is 68.4. The standard InChI is InChI=1S/C74H144O17P2/c1-8-9-10-11-12-13-28-34-43-50-57-73(78)91-70(62-85-72(77)56-49-42-37-36-40-47-54-67(6)7)64-89-93(82,83)87-60-68(75)59-86-92(80,81)88-63-69(61-84-71(76)55-48-41-33-29-24-21-17-19-23-27-32-39-46-53-66(4)5)90-74(79)58-51-44-35-30-25-20-16-14-15-18-22-26-31-38-45-52-65(2)3/h65-70,75H,8-64H2,1-7H3,(H,80,81)(H,82,83)/t68-,69-,70-/m1/s1. The van der Waals surface area contributed by atoms with Crippen molar-refractivity contribution in [2.75, 3.05) is 39.6 Å². The van der Waals surface area contributed by atoms with Crippen molar-refractivity contribution < 1.29 is 80.2 Å². The van der Waals surface area contributed by atoms with Crippen LogP contribution in [0.25, 0.3) is 0 Å². The van der Waals surface area contributed by atoms with E-state index in [1.54, 1.807) is 0 Å². The Morgan fingerprint density at radius 3 is 0.731 bits per heavy atom. The largest absolute Gasteiger partial charge is 0.472 e. The number of rotatable bonds is 72. The number of hydrogen-bond donors (Lipinski definition) is 3. The van der Waals surface area contributed by atoms with Gasteiger partial charge in [0, 0.05) is 25.7 Å². The van der Waals surface area contributed by atoms with E-state index >= 15 is 0 Å². The zero-order valence-electron chi connectivity index (χ0n) is 60.7. The topological polar surface area (TPSA) is 237 Å². The summed E-state index contributed by atoms with van der Waals surface area (Å²) < 4.78 is 68.4. The quantitative estimate of drug-likeness (QED) is 0.0222. The van der Waals surface area contributed by atoms with E-state index in [1.807, 2.05) is 0 Å². The van der Waals surface area contributed by atoms with E-state index < -0.39 is 97.5 Å². The second-order valence-electron chi connectivity index (χ2n) is 28.1. The second kappa shape index (κ2) is 64.7. The van der Waals surface area contributed by atoms with E-state index in [2.05, 4.69) is 48.5 Å². The molecule has 0 bridgehead atoms. The van der Waals surface area contributed by atoms with Crippen molar-refractivity contribution in [2.24, 2.45) is 17.8 Å². The zero-order valence-corrected chi connectivity index (χ0v) is 62.5. The van der Waals surface area contributed by atoms with Crippen LogP contribution in [0.2, 0.25) is 0 Å². The van der Waals surface area contributed by atoms with Crippen LogP contribution in [0.4, 0.5) is 0 Å². The molecule has 0 saturated carbocycles. The summed E-state index contributed by atoms with van der Waals surface area (Å²) in [4.78, 5) is 72.6. The molecule has 0 aliphatic rings. The summed E-state index contributed by atoms with van der Waals surface area (Å²) in [5.41, 5.74) is 0. The van der Waals surface area contributed by atoms with Gasteiger partial charge in [-0.3, -0.25) is 37.3 Å². The molecule has 552 valence electrons. The highest BCUT2D eigenvalue weighted by molar-refractivity contribution is 7.47. The predicted octanol–water partition coefficient (Wildman–Crippen LogP) is 21.4. The first kappa shape index (κ1) is 91.1. The highest BCUT2D eigenvalue weighted by atomic mass is 31.2. The van der Waals surface area contributed by atoms with Crippen molar-refractivity contribution in [3.05, 3.63) is 0 Å². The summed E-state index contributed by atoms with van der Waals surface area (Å²) in [6.07, 6.45) is 50.1. The predicted molar refractivity (Wildman–Crippen MR) is 377 cm³/mol. The fraction of sp³-hybridized carbons (Fsp3) is 0.946. The summed E-state index contributed by atoms with van der Waals surface area (Å²) in [5, 5.41) is 10.6. The number of phosphoric acid groups is 2. The lowest BCUT2D eigenvalue weighted by Gasteiger charge is -2.21. The minimum absolute atomic E-state index is 0.105. The minimum Gasteiger partial charge on any atom is -0.462 e. The molecule has 17 nitrogen and oxygen atoms in total. The first-order valence-electron chi connectivity index (χ1n) is 38.3. The van der Waals surface area contributed by atoms with Crippen molar-refractivity contribution in [3.8, 4) is 0 Å². The third-order valence-corrected chi connectivity index (χ3v) is 19.0. The van der Waals surface area contributed by atoms with Crippen molar-refractivity contribution >= 4 is 39.5 Å². The van der Waals surface area contributed by atoms with Gasteiger partial charge in [0.2, 0.25) is 0 Å². The fourth-order valence-electron chi connectivity index (χ4n) is 11.2. The van der Waals surface area contributed by atoms with E-state index in [0.717, 1.165) is 108 Å². The Kier molecular flexibility index (Phi) is 63.4. The zero-order chi connectivity index (χ0) is 68.7. The van der Waals surface area contributed by atoms with Crippen molar-refractivity contribution in [3.63, 3.8) is 0 Å². The second-order valence-corrected chi connectivity index (χ2v) is 31.0. The van der Waals surface area contributed by atoms with Gasteiger partial charge in [-0.2, -0.15) is 0 Å². The Labute approximate surface area is 568 Å². The average Bonchev–Trinajstić information content (AvgIpc) is 1.63. The SMILES string of the molecule is CCCCCCCCCCCCC(=O)O[C@H](COC(=O)CCCCCCCCC(C)C)COP(=O)(O)OC[C@H](O)COP(=O)(O)OC[C@@H](COC(=O)CCCCCCCCCCCCCCCC(C)C)OC(=O)CCCCCCCCCCCCCCCCCC(C)C. The summed E-state index contributed by atoms with van der Waals surface area (Å²) in [6, 6.07) is 0. The maximum absolute atomic E-state index is 13.1. The van der Waals surface area contributed by atoms with Gasteiger partial charge in [-0.05, 0) is 43.4 Å². The van der Waals surface area contributed by atoms with Gasteiger partial charge in [0.1, 0.15) is 19.3 Å². The molecular formula is C74H144O17P2. The van der Waals surface area contributed by atoms with E-state index in [-0.39, 0.29) is 25.7 Å². The highest BCUT2D eigenvalue weighted by Crippen LogP contribution is 2.45. The molecule has 0 aromatic carbocycles. The fourth-order valence-corrected chi connectivity index (χ4v) is 12.8. The molecule has 19 heteroatoms. The van der Waals surface area contributed by atoms with Gasteiger partial charge >= 0.3 is 39.5 Å². The molecule has 0 aromatic rings. The molecule has 2 unspecified atom stereocenters. The average molecular weight is 1370 g/mol. The molecule has 0 radical (unpaired) electrons. The molecule has 0 spiro atoms. The number of carbonyl (C=O) groups excluding carboxylic acids is 4. The van der Waals surface area contributed by atoms with Gasteiger partial charge < -0.3 is 33.8 Å². The molecule has 5 atom stereocenters. The smallest absolute Gasteiger partial charge is 0.462 e. The lowest BCUT2D eigenvalue weighted by Crippen LogP contribution is -2.30. The number of carbonyl (C=O) groups is 4. The molecule has 0 saturated heterocycles. The molecule has 0 aromatic heterocycles. The first-order valence-corrected chi connectivity index (χ1v) is 41.3. The number of unbranched alkanes of at least 4 members (excludes halogenated alkanes) is 40. The van der Waals surface area contributed by atoms with Gasteiger partial charge in [0.15, 0.2) is 12.2 Å². The third-order valence-electron chi connectivity index (χ3n) is 17.1. The Morgan fingerprint density at radius 2 is 0.495 bits per heavy atom. The minimum atomic E-state index is -4.96. The van der Waals surface area contributed by atoms with E-state index in [9.17, 15) is 43.2 Å². The molecular weight excluding hydrogens is 1220 g/mol. The molecule has 0 amide bonds. The normalized spacial score (nSPS) is 14.1. The monoisotopic (exact) mass is 1370 g/mol. The number of aliphatic hydroxyl groups is 1. The van der Waals surface area contributed by atoms with Crippen LogP contribution in [0.1, 0.15) is 376 Å². The van der Waals surface area contributed by atoms with Crippen LogP contribution >= 0.6 is 15.6 Å². The summed E-state index contributed by atoms with van der Waals surface area (Å²) in [5.74, 6) is 0.151. The van der Waals surface area contributed by atoms with E-state index in [1.165, 1.54) is 180 Å². The molecule has 0 rings (SSSR count). The molecule has 0 fully saturated rings. The van der Waals surface area contributed by atoms with Gasteiger partial charge in [-0.15, -0.1) is 0 Å². The van der Waals surface area contributed by atoms with Gasteiger partial charge in [0.05, 0.1) is 26.4 Å². The van der Waals surface area contributed by atoms with E-state index in [4.69, 9.17) is 37.0 Å². The first-order chi connectivity index (χ1) is 44.7. The van der Waals surface area contributed by atoms with Crippen molar-refractivity contribution in [1.82, 2.24) is 0 Å². The molecule has 0 aliphatic carbocycles. The Bertz CT molecular complexity index is 1820. The number of phosphoric ester groups is 2. The lowest BCUT2D eigenvalue weighted by molar-refractivity contribution is -0.161. The Hall–Kier alpha value is -1.94. The number of ether oxygens (including phenoxy) is 4. The maximum atomic E-state index is 13.1. The van der Waals surface area contributed by atoms with Crippen LogP contribution in [0.3, 0.4) is 0 Å². The van der Waals surface area contributed by atoms with Crippen LogP contribution in [0.15, 0.2) is 0 Å². The van der Waals surface area contributed by atoms with Crippen LogP contribution < -0.4 is 0 Å². The Morgan fingerprint density at radius 1 is 0.290 bits per heavy atom. The van der Waals surface area contributed by atoms with Gasteiger partial charge in [0.25, 0.3) is 0 Å². The lowest BCUT2D eigenvalue weighted by atomic mass is 10.0. The number of aliphatic hydroxyl groups excluding tert-OH is 1.